The Morgan fingerprint density at radius 2 is 2.00 bits per heavy atom. The average molecular weight is 396 g/mol. The van der Waals surface area contributed by atoms with Gasteiger partial charge in [-0.25, -0.2) is 4.79 Å². The largest absolute Gasteiger partial charge is 0.465 e. The quantitative estimate of drug-likeness (QED) is 0.824. The number of halogens is 1. The van der Waals surface area contributed by atoms with Crippen molar-refractivity contribution in [2.75, 3.05) is 38.5 Å². The molecular weight excluding hydrogens is 378 g/mol. The molecule has 9 heteroatoms. The van der Waals surface area contributed by atoms with E-state index >= 15 is 0 Å². The maximum absolute atomic E-state index is 12.4. The summed E-state index contributed by atoms with van der Waals surface area (Å²) in [5.74, 6) is 0.0406. The maximum Gasteiger partial charge on any atom is 0.409 e. The molecule has 0 spiro atoms. The lowest BCUT2D eigenvalue weighted by Crippen LogP contribution is -2.48. The van der Waals surface area contributed by atoms with E-state index in [-0.39, 0.29) is 12.5 Å². The van der Waals surface area contributed by atoms with Gasteiger partial charge in [-0.3, -0.25) is 14.8 Å². The Kier molecular flexibility index (Phi) is 4.72. The van der Waals surface area contributed by atoms with Gasteiger partial charge in [0.15, 0.2) is 0 Å². The number of hydrogen-bond acceptors (Lipinski definition) is 4. The number of nitrogens with one attached hydrogen (secondary N) is 1. The van der Waals surface area contributed by atoms with Crippen molar-refractivity contribution in [2.45, 2.75) is 6.54 Å². The van der Waals surface area contributed by atoms with E-state index in [1.54, 1.807) is 23.0 Å². The van der Waals surface area contributed by atoms with Crippen LogP contribution in [0.25, 0.3) is 10.9 Å². The molecule has 1 aliphatic rings. The van der Waals surface area contributed by atoms with Crippen molar-refractivity contribution in [3.63, 3.8) is 0 Å². The van der Waals surface area contributed by atoms with Gasteiger partial charge >= 0.3 is 6.09 Å². The van der Waals surface area contributed by atoms with E-state index in [4.69, 9.17) is 5.11 Å². The Morgan fingerprint density at radius 3 is 2.67 bits per heavy atom. The van der Waals surface area contributed by atoms with Gasteiger partial charge in [0.1, 0.15) is 6.54 Å². The molecule has 3 rings (SSSR count). The molecule has 2 amide bonds. The first-order valence-electron chi connectivity index (χ1n) is 7.55. The van der Waals surface area contributed by atoms with Gasteiger partial charge in [0.05, 0.1) is 11.2 Å². The van der Waals surface area contributed by atoms with Crippen molar-refractivity contribution in [2.24, 2.45) is 0 Å². The zero-order chi connectivity index (χ0) is 17.3. The summed E-state index contributed by atoms with van der Waals surface area (Å²) in [6.45, 7) is 3.40. The van der Waals surface area contributed by atoms with E-state index in [2.05, 4.69) is 31.2 Å². The van der Waals surface area contributed by atoms with Gasteiger partial charge in [-0.15, -0.1) is 0 Å². The van der Waals surface area contributed by atoms with E-state index < -0.39 is 6.09 Å². The monoisotopic (exact) mass is 395 g/mol. The number of carbonyl (C=O) groups excluding carboxylic acids is 1. The summed E-state index contributed by atoms with van der Waals surface area (Å²) in [5, 5.41) is 16.3. The molecule has 0 unspecified atom stereocenters. The number of rotatable bonds is 3. The van der Waals surface area contributed by atoms with Crippen molar-refractivity contribution in [1.29, 1.82) is 0 Å². The van der Waals surface area contributed by atoms with Crippen LogP contribution in [0.2, 0.25) is 0 Å². The number of benzene rings is 1. The van der Waals surface area contributed by atoms with Crippen LogP contribution in [-0.4, -0.2) is 69.9 Å². The second kappa shape index (κ2) is 6.78. The predicted molar refractivity (Wildman–Crippen MR) is 93.2 cm³/mol. The molecule has 1 aromatic carbocycles. The summed E-state index contributed by atoms with van der Waals surface area (Å²) in [7, 11) is 2.04. The summed E-state index contributed by atoms with van der Waals surface area (Å²) in [4.78, 5) is 27.2. The first kappa shape index (κ1) is 16.7. The molecule has 0 atom stereocenters. The van der Waals surface area contributed by atoms with Crippen LogP contribution in [0.3, 0.4) is 0 Å². The number of piperazine rings is 1. The summed E-state index contributed by atoms with van der Waals surface area (Å²) in [6.07, 6.45) is 0.621. The molecule has 0 saturated carbocycles. The molecule has 8 nitrogen and oxygen atoms in total. The number of anilines is 1. The smallest absolute Gasteiger partial charge is 0.409 e. The highest BCUT2D eigenvalue weighted by molar-refractivity contribution is 9.10. The zero-order valence-corrected chi connectivity index (χ0v) is 14.8. The van der Waals surface area contributed by atoms with Crippen LogP contribution >= 0.6 is 15.9 Å². The first-order chi connectivity index (χ1) is 11.4. The van der Waals surface area contributed by atoms with Crippen LogP contribution in [0, 0.1) is 0 Å². The highest BCUT2D eigenvalue weighted by atomic mass is 79.9. The fourth-order valence-corrected chi connectivity index (χ4v) is 3.11. The lowest BCUT2D eigenvalue weighted by Gasteiger charge is -2.32. The summed E-state index contributed by atoms with van der Waals surface area (Å²) >= 11 is 3.32. The van der Waals surface area contributed by atoms with E-state index in [1.807, 2.05) is 11.9 Å². The predicted octanol–water partition coefficient (Wildman–Crippen LogP) is 1.66. The minimum absolute atomic E-state index is 0.0406. The molecule has 0 radical (unpaired) electrons. The Balaban J connectivity index is 1.75. The molecule has 1 aromatic heterocycles. The Hall–Kier alpha value is -2.13. The van der Waals surface area contributed by atoms with Crippen LogP contribution in [0.15, 0.2) is 22.8 Å². The van der Waals surface area contributed by atoms with Crippen molar-refractivity contribution in [3.05, 3.63) is 22.8 Å². The van der Waals surface area contributed by atoms with Gasteiger partial charge in [0.2, 0.25) is 5.91 Å². The minimum atomic E-state index is -1.13. The number of likely N-dealkylation sites (N-methyl/N-ethyl adjacent to an activating group) is 1. The van der Waals surface area contributed by atoms with E-state index in [0.717, 1.165) is 31.6 Å². The van der Waals surface area contributed by atoms with Gasteiger partial charge in [-0.2, -0.15) is 5.10 Å². The first-order valence-corrected chi connectivity index (χ1v) is 8.34. The number of carbonyl (C=O) groups is 2. The topological polar surface area (TPSA) is 90.7 Å². The molecular formula is C15H18BrN5O3. The number of aromatic nitrogens is 2. The third-order valence-electron chi connectivity index (χ3n) is 4.04. The molecule has 0 aliphatic carbocycles. The van der Waals surface area contributed by atoms with Crippen LogP contribution < -0.4 is 5.32 Å². The molecule has 128 valence electrons. The van der Waals surface area contributed by atoms with E-state index in [0.29, 0.717) is 15.7 Å². The van der Waals surface area contributed by atoms with Crippen LogP contribution in [0.4, 0.5) is 10.5 Å². The summed E-state index contributed by atoms with van der Waals surface area (Å²) in [6, 6.07) is 3.43. The van der Waals surface area contributed by atoms with Gasteiger partial charge in [-0.1, -0.05) is 0 Å². The normalized spacial score (nSPS) is 15.7. The highest BCUT2D eigenvalue weighted by Crippen LogP contribution is 2.28. The number of carboxylic acid groups (broad SMARTS) is 1. The van der Waals surface area contributed by atoms with Crippen molar-refractivity contribution in [1.82, 2.24) is 19.6 Å². The summed E-state index contributed by atoms with van der Waals surface area (Å²) < 4.78 is 2.20. The van der Waals surface area contributed by atoms with Gasteiger partial charge < -0.3 is 14.9 Å². The van der Waals surface area contributed by atoms with Gasteiger partial charge in [0.25, 0.3) is 0 Å². The van der Waals surface area contributed by atoms with E-state index in [9.17, 15) is 9.59 Å². The average Bonchev–Trinajstić information content (AvgIpc) is 2.88. The highest BCUT2D eigenvalue weighted by Gasteiger charge is 2.19. The van der Waals surface area contributed by atoms with Crippen LogP contribution in [-0.2, 0) is 11.3 Å². The second-order valence-electron chi connectivity index (χ2n) is 5.83. The third-order valence-corrected chi connectivity index (χ3v) is 4.69. The number of fused-ring (bicyclic) bond motifs is 1. The lowest BCUT2D eigenvalue weighted by molar-refractivity contribution is -0.133. The van der Waals surface area contributed by atoms with Crippen molar-refractivity contribution in [3.8, 4) is 0 Å². The second-order valence-corrected chi connectivity index (χ2v) is 6.69. The van der Waals surface area contributed by atoms with Crippen molar-refractivity contribution >= 4 is 44.5 Å². The minimum Gasteiger partial charge on any atom is -0.465 e. The Labute approximate surface area is 147 Å². The standard InChI is InChI=1S/C15H18BrN5O3/c1-19-2-4-20(5-3-19)14(22)9-21-8-10-6-13(17-15(23)24)11(16)7-12(10)18-21/h6-8,17H,2-5,9H2,1H3,(H,23,24). The fraction of sp³-hybridized carbons (Fsp3) is 0.400. The molecule has 2 aromatic rings. The summed E-state index contributed by atoms with van der Waals surface area (Å²) in [5.41, 5.74) is 1.14. The van der Waals surface area contributed by atoms with Crippen molar-refractivity contribution < 1.29 is 14.7 Å². The Morgan fingerprint density at radius 1 is 1.29 bits per heavy atom. The lowest BCUT2D eigenvalue weighted by atomic mass is 10.2. The molecule has 2 N–H and O–H groups in total. The third kappa shape index (κ3) is 3.68. The zero-order valence-electron chi connectivity index (χ0n) is 13.2. The molecule has 2 heterocycles. The van der Waals surface area contributed by atoms with Gasteiger partial charge in [0, 0.05) is 42.2 Å². The number of hydrogen-bond donors (Lipinski definition) is 2. The maximum atomic E-state index is 12.4. The van der Waals surface area contributed by atoms with Crippen LogP contribution in [0.1, 0.15) is 0 Å². The van der Waals surface area contributed by atoms with Gasteiger partial charge in [-0.05, 0) is 35.1 Å². The molecule has 1 saturated heterocycles. The van der Waals surface area contributed by atoms with Crippen LogP contribution in [0.5, 0.6) is 0 Å². The molecule has 1 aliphatic heterocycles. The molecule has 24 heavy (non-hydrogen) atoms. The Bertz CT molecular complexity index is 783. The fourth-order valence-electron chi connectivity index (χ4n) is 2.68. The SMILES string of the molecule is CN1CCN(C(=O)Cn2cc3cc(NC(=O)O)c(Br)cc3n2)CC1. The molecule has 0 bridgehead atoms. The molecule has 1 fully saturated rings. The van der Waals surface area contributed by atoms with E-state index in [1.165, 1.54) is 0 Å². The number of amides is 2. The number of nitrogens with zero attached hydrogens (tertiary/aromatic N) is 4.